The predicted octanol–water partition coefficient (Wildman–Crippen LogP) is 3.73. The molecule has 2 aromatic rings. The van der Waals surface area contributed by atoms with E-state index in [9.17, 15) is 9.59 Å². The van der Waals surface area contributed by atoms with E-state index in [1.165, 1.54) is 0 Å². The van der Waals surface area contributed by atoms with E-state index < -0.39 is 0 Å². The van der Waals surface area contributed by atoms with Crippen molar-refractivity contribution in [1.29, 1.82) is 0 Å². The third-order valence-corrected chi connectivity index (χ3v) is 5.05. The monoisotopic (exact) mass is 380 g/mol. The molecule has 1 aromatic carbocycles. The largest absolute Gasteiger partial charge is 0.350 e. The van der Waals surface area contributed by atoms with E-state index in [0.717, 1.165) is 42.8 Å². The minimum Gasteiger partial charge on any atom is -0.350 e. The Labute approximate surface area is 166 Å². The summed E-state index contributed by atoms with van der Waals surface area (Å²) in [4.78, 5) is 30.7. The van der Waals surface area contributed by atoms with Crippen LogP contribution in [0.25, 0.3) is 0 Å². The maximum Gasteiger partial charge on any atom is 0.321 e. The maximum absolute atomic E-state index is 12.6. The Morgan fingerprint density at radius 3 is 2.89 bits per heavy atom. The van der Waals surface area contributed by atoms with Crippen LogP contribution < -0.4 is 10.6 Å². The normalized spacial score (nSPS) is 16.5. The summed E-state index contributed by atoms with van der Waals surface area (Å²) in [7, 11) is 0. The average molecular weight is 380 g/mol. The van der Waals surface area contributed by atoms with E-state index in [1.54, 1.807) is 6.20 Å². The van der Waals surface area contributed by atoms with Gasteiger partial charge in [0, 0.05) is 31.4 Å². The molecule has 0 bridgehead atoms. The Morgan fingerprint density at radius 2 is 2.11 bits per heavy atom. The van der Waals surface area contributed by atoms with Gasteiger partial charge in [0.2, 0.25) is 5.91 Å². The van der Waals surface area contributed by atoms with E-state index >= 15 is 0 Å². The number of anilines is 1. The van der Waals surface area contributed by atoms with Gasteiger partial charge < -0.3 is 15.5 Å². The first-order valence-electron chi connectivity index (χ1n) is 9.89. The van der Waals surface area contributed by atoms with Gasteiger partial charge in [-0.05, 0) is 61.9 Å². The van der Waals surface area contributed by atoms with Crippen molar-refractivity contribution >= 4 is 17.6 Å². The molecule has 1 saturated heterocycles. The van der Waals surface area contributed by atoms with Gasteiger partial charge in [0.1, 0.15) is 0 Å². The minimum absolute atomic E-state index is 0.0342. The first-order chi connectivity index (χ1) is 13.6. The Kier molecular flexibility index (Phi) is 7.00. The summed E-state index contributed by atoms with van der Waals surface area (Å²) in [5.41, 5.74) is 2.79. The molecule has 3 rings (SSSR count). The Hall–Kier alpha value is -2.89. The highest BCUT2D eigenvalue weighted by Gasteiger charge is 2.24. The predicted molar refractivity (Wildman–Crippen MR) is 110 cm³/mol. The molecule has 1 aliphatic heterocycles. The quantitative estimate of drug-likeness (QED) is 0.802. The lowest BCUT2D eigenvalue weighted by molar-refractivity contribution is -0.121. The van der Waals surface area contributed by atoms with Crippen LogP contribution in [0.2, 0.25) is 0 Å². The Bertz CT molecular complexity index is 794. The molecule has 0 spiro atoms. The minimum atomic E-state index is -0.0603. The lowest BCUT2D eigenvalue weighted by Crippen LogP contribution is -2.42. The molecule has 0 saturated carbocycles. The van der Waals surface area contributed by atoms with Crippen LogP contribution >= 0.6 is 0 Å². The number of benzene rings is 1. The Balaban J connectivity index is 1.41. The van der Waals surface area contributed by atoms with Gasteiger partial charge in [-0.1, -0.05) is 18.2 Å². The number of amides is 3. The standard InChI is InChI=1S/C22H28N4O2/c1-17-6-4-9-19(14-17)25-22(28)26-13-5-7-18(16-26)10-11-21(27)24-15-20-8-2-3-12-23-20/h2-4,6,8-9,12,14,18H,5,7,10-11,13,15-16H2,1H3,(H,24,27)(H,25,28). The van der Waals surface area contributed by atoms with Crippen molar-refractivity contribution in [2.75, 3.05) is 18.4 Å². The van der Waals surface area contributed by atoms with E-state index in [2.05, 4.69) is 15.6 Å². The second-order valence-corrected chi connectivity index (χ2v) is 7.39. The zero-order valence-corrected chi connectivity index (χ0v) is 16.4. The van der Waals surface area contributed by atoms with E-state index in [0.29, 0.717) is 25.4 Å². The summed E-state index contributed by atoms with van der Waals surface area (Å²) in [5.74, 6) is 0.393. The number of aryl methyl sites for hydroxylation is 1. The molecule has 6 heteroatoms. The summed E-state index contributed by atoms with van der Waals surface area (Å²) in [5, 5.41) is 5.89. The molecule has 28 heavy (non-hydrogen) atoms. The Morgan fingerprint density at radius 1 is 1.21 bits per heavy atom. The number of rotatable bonds is 6. The van der Waals surface area contributed by atoms with Crippen LogP contribution in [0.15, 0.2) is 48.7 Å². The topological polar surface area (TPSA) is 74.3 Å². The highest BCUT2D eigenvalue weighted by molar-refractivity contribution is 5.89. The molecular formula is C22H28N4O2. The van der Waals surface area contributed by atoms with Gasteiger partial charge in [-0.25, -0.2) is 4.79 Å². The van der Waals surface area contributed by atoms with Crippen molar-refractivity contribution < 1.29 is 9.59 Å². The number of hydrogen-bond acceptors (Lipinski definition) is 3. The van der Waals surface area contributed by atoms with Crippen LogP contribution in [0.1, 0.15) is 36.9 Å². The van der Waals surface area contributed by atoms with Crippen LogP contribution in [0.4, 0.5) is 10.5 Å². The zero-order valence-electron chi connectivity index (χ0n) is 16.4. The lowest BCUT2D eigenvalue weighted by Gasteiger charge is -2.32. The molecule has 6 nitrogen and oxygen atoms in total. The van der Waals surface area contributed by atoms with Gasteiger partial charge in [-0.15, -0.1) is 0 Å². The van der Waals surface area contributed by atoms with Gasteiger partial charge in [-0.2, -0.15) is 0 Å². The highest BCUT2D eigenvalue weighted by Crippen LogP contribution is 2.22. The van der Waals surface area contributed by atoms with Crippen LogP contribution in [0.3, 0.4) is 0 Å². The number of hydrogen-bond donors (Lipinski definition) is 2. The first-order valence-corrected chi connectivity index (χ1v) is 9.89. The molecule has 2 N–H and O–H groups in total. The summed E-state index contributed by atoms with van der Waals surface area (Å²) in [6.45, 7) is 3.92. The van der Waals surface area contributed by atoms with Gasteiger partial charge in [0.25, 0.3) is 0 Å². The first kappa shape index (κ1) is 19.9. The summed E-state index contributed by atoms with van der Waals surface area (Å²) < 4.78 is 0. The third-order valence-electron chi connectivity index (χ3n) is 5.05. The number of urea groups is 1. The summed E-state index contributed by atoms with van der Waals surface area (Å²) >= 11 is 0. The van der Waals surface area contributed by atoms with E-state index in [4.69, 9.17) is 0 Å². The van der Waals surface area contributed by atoms with Crippen LogP contribution in [-0.4, -0.2) is 34.9 Å². The maximum atomic E-state index is 12.6. The second kappa shape index (κ2) is 9.88. The molecule has 0 radical (unpaired) electrons. The molecule has 1 fully saturated rings. The fraction of sp³-hybridized carbons (Fsp3) is 0.409. The van der Waals surface area contributed by atoms with Crippen molar-refractivity contribution in [3.63, 3.8) is 0 Å². The van der Waals surface area contributed by atoms with Crippen molar-refractivity contribution in [2.24, 2.45) is 5.92 Å². The van der Waals surface area contributed by atoms with E-state index in [-0.39, 0.29) is 11.9 Å². The summed E-state index contributed by atoms with van der Waals surface area (Å²) in [6, 6.07) is 13.4. The number of nitrogens with one attached hydrogen (secondary N) is 2. The molecule has 3 amide bonds. The van der Waals surface area contributed by atoms with Crippen molar-refractivity contribution in [3.8, 4) is 0 Å². The number of likely N-dealkylation sites (tertiary alicyclic amines) is 1. The number of piperidine rings is 1. The molecule has 0 aliphatic carbocycles. The number of pyridine rings is 1. The molecule has 1 unspecified atom stereocenters. The van der Waals surface area contributed by atoms with Crippen molar-refractivity contribution in [2.45, 2.75) is 39.2 Å². The number of carbonyl (C=O) groups is 2. The average Bonchev–Trinajstić information content (AvgIpc) is 2.72. The van der Waals surface area contributed by atoms with Gasteiger partial charge in [0.05, 0.1) is 12.2 Å². The SMILES string of the molecule is Cc1cccc(NC(=O)N2CCCC(CCC(=O)NCc3ccccn3)C2)c1. The van der Waals surface area contributed by atoms with Crippen LogP contribution in [0.5, 0.6) is 0 Å². The highest BCUT2D eigenvalue weighted by atomic mass is 16.2. The molecule has 2 heterocycles. The lowest BCUT2D eigenvalue weighted by atomic mass is 9.93. The molecular weight excluding hydrogens is 352 g/mol. The zero-order chi connectivity index (χ0) is 19.8. The number of nitrogens with zero attached hydrogens (tertiary/aromatic N) is 2. The van der Waals surface area contributed by atoms with Gasteiger partial charge in [0.15, 0.2) is 0 Å². The van der Waals surface area contributed by atoms with Gasteiger partial charge >= 0.3 is 6.03 Å². The van der Waals surface area contributed by atoms with Crippen molar-refractivity contribution in [3.05, 3.63) is 59.9 Å². The van der Waals surface area contributed by atoms with Crippen molar-refractivity contribution in [1.82, 2.24) is 15.2 Å². The number of carbonyl (C=O) groups excluding carboxylic acids is 2. The number of aromatic nitrogens is 1. The van der Waals surface area contributed by atoms with E-state index in [1.807, 2.05) is 54.3 Å². The molecule has 1 aromatic heterocycles. The van der Waals surface area contributed by atoms with Gasteiger partial charge in [-0.3, -0.25) is 9.78 Å². The smallest absolute Gasteiger partial charge is 0.321 e. The van der Waals surface area contributed by atoms with Crippen LogP contribution in [-0.2, 0) is 11.3 Å². The third kappa shape index (κ3) is 6.08. The molecule has 1 atom stereocenters. The molecule has 148 valence electrons. The fourth-order valence-electron chi connectivity index (χ4n) is 3.53. The summed E-state index contributed by atoms with van der Waals surface area (Å²) in [6.07, 6.45) is 5.02. The fourth-order valence-corrected chi connectivity index (χ4v) is 3.53. The molecule has 1 aliphatic rings. The second-order valence-electron chi connectivity index (χ2n) is 7.39. The van der Waals surface area contributed by atoms with Crippen LogP contribution in [0, 0.1) is 12.8 Å².